The summed E-state index contributed by atoms with van der Waals surface area (Å²) in [6, 6.07) is 7.58. The fourth-order valence-corrected chi connectivity index (χ4v) is 2.29. The maximum atomic E-state index is 12.1. The molecule has 0 aliphatic carbocycles. The van der Waals surface area contributed by atoms with E-state index in [1.807, 2.05) is 0 Å². The third-order valence-corrected chi connectivity index (χ3v) is 3.53. The third-order valence-electron chi connectivity index (χ3n) is 2.41. The van der Waals surface area contributed by atoms with Gasteiger partial charge in [0, 0.05) is 16.7 Å². The number of benzene rings is 1. The van der Waals surface area contributed by atoms with Gasteiger partial charge in [0.1, 0.15) is 10.3 Å². The second-order valence-electron chi connectivity index (χ2n) is 3.71. The maximum Gasteiger partial charge on any atom is 0.293 e. The van der Waals surface area contributed by atoms with Crippen molar-refractivity contribution >= 4 is 49.1 Å². The summed E-state index contributed by atoms with van der Waals surface area (Å²) in [6.07, 6.45) is 1.53. The van der Waals surface area contributed by atoms with E-state index < -0.39 is 10.8 Å². The average Bonchev–Trinajstić information content (AvgIpc) is 2.41. The van der Waals surface area contributed by atoms with Crippen LogP contribution >= 0.6 is 31.9 Å². The molecule has 0 radical (unpaired) electrons. The maximum absolute atomic E-state index is 12.1. The minimum atomic E-state index is -0.557. The van der Waals surface area contributed by atoms with E-state index in [4.69, 9.17) is 0 Å². The van der Waals surface area contributed by atoms with Crippen molar-refractivity contribution in [3.63, 3.8) is 0 Å². The number of anilines is 1. The van der Waals surface area contributed by atoms with Crippen molar-refractivity contribution in [1.29, 1.82) is 0 Å². The highest BCUT2D eigenvalue weighted by Crippen LogP contribution is 2.28. The van der Waals surface area contributed by atoms with Crippen molar-refractivity contribution in [3.05, 3.63) is 61.3 Å². The van der Waals surface area contributed by atoms with Gasteiger partial charge in [-0.2, -0.15) is 0 Å². The molecule has 6 nitrogen and oxygen atoms in total. The number of aromatic nitrogens is 1. The molecular weight excluding hydrogens is 394 g/mol. The van der Waals surface area contributed by atoms with E-state index in [0.29, 0.717) is 14.6 Å². The first-order valence-corrected chi connectivity index (χ1v) is 6.93. The number of halogens is 2. The Morgan fingerprint density at radius 2 is 2.05 bits per heavy atom. The molecule has 0 saturated carbocycles. The van der Waals surface area contributed by atoms with Crippen LogP contribution in [-0.4, -0.2) is 15.8 Å². The highest BCUT2D eigenvalue weighted by atomic mass is 79.9. The van der Waals surface area contributed by atoms with Crippen LogP contribution in [0, 0.1) is 10.1 Å². The van der Waals surface area contributed by atoms with Gasteiger partial charge < -0.3 is 5.32 Å². The van der Waals surface area contributed by atoms with Gasteiger partial charge in [-0.3, -0.25) is 14.9 Å². The number of nitrogens with one attached hydrogen (secondary N) is 1. The van der Waals surface area contributed by atoms with Crippen molar-refractivity contribution in [2.24, 2.45) is 0 Å². The monoisotopic (exact) mass is 399 g/mol. The largest absolute Gasteiger partial charge is 0.316 e. The Hall–Kier alpha value is -1.80. The Morgan fingerprint density at radius 1 is 1.30 bits per heavy atom. The molecule has 0 saturated heterocycles. The van der Waals surface area contributed by atoms with Crippen LogP contribution in [0.2, 0.25) is 0 Å². The van der Waals surface area contributed by atoms with Gasteiger partial charge in [-0.1, -0.05) is 15.9 Å². The minimum absolute atomic E-state index is 0.124. The van der Waals surface area contributed by atoms with Gasteiger partial charge in [0.15, 0.2) is 0 Å². The summed E-state index contributed by atoms with van der Waals surface area (Å²) in [5.41, 5.74) is 0.233. The van der Waals surface area contributed by atoms with Gasteiger partial charge in [0.05, 0.1) is 10.5 Å². The molecule has 0 aliphatic rings. The van der Waals surface area contributed by atoms with Gasteiger partial charge in [0.25, 0.3) is 11.6 Å². The first-order chi connectivity index (χ1) is 9.49. The highest BCUT2D eigenvalue weighted by Gasteiger charge is 2.18. The molecule has 0 unspecified atom stereocenters. The second kappa shape index (κ2) is 6.10. The van der Waals surface area contributed by atoms with Crippen LogP contribution in [-0.2, 0) is 0 Å². The van der Waals surface area contributed by atoms with E-state index in [1.54, 1.807) is 18.2 Å². The molecule has 20 heavy (non-hydrogen) atoms. The summed E-state index contributed by atoms with van der Waals surface area (Å²) in [5.74, 6) is -0.476. The highest BCUT2D eigenvalue weighted by molar-refractivity contribution is 9.10. The molecule has 1 aromatic carbocycles. The minimum Gasteiger partial charge on any atom is -0.316 e. The van der Waals surface area contributed by atoms with Gasteiger partial charge in [-0.15, -0.1) is 0 Å². The number of rotatable bonds is 3. The fraction of sp³-hybridized carbons (Fsp3) is 0. The second-order valence-corrected chi connectivity index (χ2v) is 5.38. The lowest BCUT2D eigenvalue weighted by molar-refractivity contribution is -0.384. The van der Waals surface area contributed by atoms with Gasteiger partial charge in [-0.25, -0.2) is 4.98 Å². The number of carbonyl (C=O) groups excluding carboxylic acids is 1. The van der Waals surface area contributed by atoms with E-state index in [0.717, 1.165) is 0 Å². The van der Waals surface area contributed by atoms with Crippen LogP contribution in [0.1, 0.15) is 10.4 Å². The number of nitro benzene ring substituents is 1. The zero-order valence-corrected chi connectivity index (χ0v) is 13.0. The summed E-state index contributed by atoms with van der Waals surface area (Å²) in [7, 11) is 0. The molecule has 8 heteroatoms. The van der Waals surface area contributed by atoms with Gasteiger partial charge >= 0.3 is 0 Å². The number of pyridine rings is 1. The van der Waals surface area contributed by atoms with Gasteiger partial charge in [0.2, 0.25) is 0 Å². The zero-order valence-electron chi connectivity index (χ0n) is 9.84. The predicted molar refractivity (Wildman–Crippen MR) is 80.7 cm³/mol. The number of nitro groups is 1. The number of carbonyl (C=O) groups is 1. The van der Waals surface area contributed by atoms with Crippen LogP contribution < -0.4 is 5.32 Å². The molecule has 1 heterocycles. The summed E-state index contributed by atoms with van der Waals surface area (Å²) in [6.45, 7) is 0. The lowest BCUT2D eigenvalue weighted by Gasteiger charge is -2.07. The first-order valence-electron chi connectivity index (χ1n) is 5.35. The Bertz CT molecular complexity index is 691. The number of hydrogen-bond donors (Lipinski definition) is 1. The van der Waals surface area contributed by atoms with E-state index in [2.05, 4.69) is 42.2 Å². The number of amides is 1. The first kappa shape index (κ1) is 14.6. The normalized spacial score (nSPS) is 10.1. The molecule has 2 rings (SSSR count). The molecule has 1 N–H and O–H groups in total. The Morgan fingerprint density at radius 3 is 2.70 bits per heavy atom. The molecule has 2 aromatic rings. The van der Waals surface area contributed by atoms with Crippen LogP contribution in [0.15, 0.2) is 45.6 Å². The van der Waals surface area contributed by atoms with Crippen LogP contribution in [0.3, 0.4) is 0 Å². The SMILES string of the molecule is O=C(Nc1ccc(Br)cc1[N+](=O)[O-])c1cccnc1Br. The number of nitrogens with zero attached hydrogens (tertiary/aromatic N) is 2. The average molecular weight is 401 g/mol. The molecule has 0 aliphatic heterocycles. The fourth-order valence-electron chi connectivity index (χ4n) is 1.51. The Labute approximate surface area is 130 Å². The lowest BCUT2D eigenvalue weighted by atomic mass is 10.2. The van der Waals surface area contributed by atoms with Crippen LogP contribution in [0.25, 0.3) is 0 Å². The van der Waals surface area contributed by atoms with Crippen molar-refractivity contribution in [1.82, 2.24) is 4.98 Å². The molecule has 0 atom stereocenters. The molecule has 0 spiro atoms. The summed E-state index contributed by atoms with van der Waals surface area (Å²) in [5, 5.41) is 13.5. The molecular formula is C12H7Br2N3O3. The Kier molecular flexibility index (Phi) is 4.46. The quantitative estimate of drug-likeness (QED) is 0.482. The molecule has 0 fully saturated rings. The van der Waals surface area contributed by atoms with Crippen molar-refractivity contribution in [3.8, 4) is 0 Å². The third kappa shape index (κ3) is 3.20. The standard InChI is InChI=1S/C12H7Br2N3O3/c13-7-3-4-9(10(6-7)17(19)20)16-12(18)8-2-1-5-15-11(8)14/h1-6H,(H,16,18). The topological polar surface area (TPSA) is 85.1 Å². The van der Waals surface area contributed by atoms with E-state index in [9.17, 15) is 14.9 Å². The molecule has 1 amide bonds. The number of hydrogen-bond acceptors (Lipinski definition) is 4. The predicted octanol–water partition coefficient (Wildman–Crippen LogP) is 3.77. The van der Waals surface area contributed by atoms with Crippen molar-refractivity contribution < 1.29 is 9.72 Å². The van der Waals surface area contributed by atoms with Gasteiger partial charge in [-0.05, 0) is 40.2 Å². The Balaban J connectivity index is 2.33. The molecule has 0 bridgehead atoms. The lowest BCUT2D eigenvalue weighted by Crippen LogP contribution is -2.14. The summed E-state index contributed by atoms with van der Waals surface area (Å²) >= 11 is 6.31. The molecule has 102 valence electrons. The zero-order chi connectivity index (χ0) is 14.7. The van der Waals surface area contributed by atoms with Crippen molar-refractivity contribution in [2.45, 2.75) is 0 Å². The van der Waals surface area contributed by atoms with Crippen LogP contribution in [0.5, 0.6) is 0 Å². The van der Waals surface area contributed by atoms with Crippen LogP contribution in [0.4, 0.5) is 11.4 Å². The summed E-state index contributed by atoms with van der Waals surface area (Å²) < 4.78 is 0.932. The van der Waals surface area contributed by atoms with E-state index in [1.165, 1.54) is 18.3 Å². The van der Waals surface area contributed by atoms with Crippen molar-refractivity contribution in [2.75, 3.05) is 5.32 Å². The van der Waals surface area contributed by atoms with E-state index in [-0.39, 0.29) is 11.4 Å². The van der Waals surface area contributed by atoms with E-state index >= 15 is 0 Å². The summed E-state index contributed by atoms with van der Waals surface area (Å²) in [4.78, 5) is 26.4. The molecule has 1 aromatic heterocycles. The smallest absolute Gasteiger partial charge is 0.293 e.